The Morgan fingerprint density at radius 2 is 1.65 bits per heavy atom. The van der Waals surface area contributed by atoms with Crippen molar-refractivity contribution in [1.29, 1.82) is 0 Å². The Morgan fingerprint density at radius 3 is 2.35 bits per heavy atom. The number of carbonyl (C=O) groups is 1. The van der Waals surface area contributed by atoms with Gasteiger partial charge < -0.3 is 19.1 Å². The summed E-state index contributed by atoms with van der Waals surface area (Å²) in [6, 6.07) is 23.5. The lowest BCUT2D eigenvalue weighted by Crippen LogP contribution is -2.39. The van der Waals surface area contributed by atoms with Crippen molar-refractivity contribution < 1.29 is 19.0 Å². The standard InChI is InChI=1S/C28H28N2O4/c1-32-27-20-23(10-13-25(27)33-19-18-29-15-5-16-29)30-17-14-26(28(30)31)34-24-11-8-22(9-12-24)21-6-3-2-4-7-21/h2-4,6-14,20H,5,15-19H2,1H3. The molecule has 0 aliphatic carbocycles. The molecule has 1 amide bonds. The molecule has 1 saturated heterocycles. The number of likely N-dealkylation sites (tertiary alicyclic amines) is 1. The summed E-state index contributed by atoms with van der Waals surface area (Å²) in [6.07, 6.45) is 3.07. The van der Waals surface area contributed by atoms with Crippen LogP contribution >= 0.6 is 0 Å². The summed E-state index contributed by atoms with van der Waals surface area (Å²) in [5.74, 6) is 2.06. The second-order valence-electron chi connectivity index (χ2n) is 8.36. The predicted molar refractivity (Wildman–Crippen MR) is 132 cm³/mol. The highest BCUT2D eigenvalue weighted by Gasteiger charge is 2.28. The van der Waals surface area contributed by atoms with Crippen LogP contribution in [0.5, 0.6) is 17.2 Å². The van der Waals surface area contributed by atoms with Gasteiger partial charge in [-0.15, -0.1) is 0 Å². The van der Waals surface area contributed by atoms with Crippen LogP contribution in [-0.4, -0.2) is 50.7 Å². The van der Waals surface area contributed by atoms with Crippen LogP contribution in [0, 0.1) is 0 Å². The highest BCUT2D eigenvalue weighted by atomic mass is 16.5. The van der Waals surface area contributed by atoms with Gasteiger partial charge in [-0.05, 0) is 61.0 Å². The summed E-state index contributed by atoms with van der Waals surface area (Å²) < 4.78 is 17.3. The van der Waals surface area contributed by atoms with E-state index >= 15 is 0 Å². The predicted octanol–water partition coefficient (Wildman–Crippen LogP) is 4.76. The van der Waals surface area contributed by atoms with Crippen molar-refractivity contribution in [2.24, 2.45) is 0 Å². The Hall–Kier alpha value is -3.77. The summed E-state index contributed by atoms with van der Waals surface area (Å²) in [7, 11) is 1.61. The van der Waals surface area contributed by atoms with E-state index in [1.807, 2.05) is 60.7 Å². The normalized spacial score (nSPS) is 15.6. The van der Waals surface area contributed by atoms with Crippen molar-refractivity contribution in [1.82, 2.24) is 4.90 Å². The average Bonchev–Trinajstić information content (AvgIpc) is 3.21. The lowest BCUT2D eigenvalue weighted by Gasteiger charge is -2.30. The summed E-state index contributed by atoms with van der Waals surface area (Å²) in [5.41, 5.74) is 2.98. The molecule has 0 radical (unpaired) electrons. The summed E-state index contributed by atoms with van der Waals surface area (Å²) in [6.45, 7) is 4.25. The molecule has 34 heavy (non-hydrogen) atoms. The van der Waals surface area contributed by atoms with Crippen LogP contribution in [-0.2, 0) is 4.79 Å². The fourth-order valence-corrected chi connectivity index (χ4v) is 4.09. The zero-order valence-electron chi connectivity index (χ0n) is 19.3. The molecule has 0 spiro atoms. The van der Waals surface area contributed by atoms with Crippen molar-refractivity contribution >= 4 is 11.6 Å². The van der Waals surface area contributed by atoms with Crippen LogP contribution in [0.4, 0.5) is 5.69 Å². The molecule has 0 saturated carbocycles. The molecule has 3 aromatic rings. The van der Waals surface area contributed by atoms with Crippen molar-refractivity contribution in [2.75, 3.05) is 44.8 Å². The summed E-state index contributed by atoms with van der Waals surface area (Å²) in [5, 5.41) is 0. The van der Waals surface area contributed by atoms with E-state index in [0.717, 1.165) is 36.4 Å². The molecule has 5 rings (SSSR count). The highest BCUT2D eigenvalue weighted by Crippen LogP contribution is 2.34. The van der Waals surface area contributed by atoms with Gasteiger partial charge in [-0.3, -0.25) is 9.69 Å². The summed E-state index contributed by atoms with van der Waals surface area (Å²) >= 11 is 0. The highest BCUT2D eigenvalue weighted by molar-refractivity contribution is 6.07. The van der Waals surface area contributed by atoms with Gasteiger partial charge in [0.25, 0.3) is 5.91 Å². The Balaban J connectivity index is 1.21. The first-order valence-corrected chi connectivity index (χ1v) is 11.6. The number of hydrogen-bond acceptors (Lipinski definition) is 5. The van der Waals surface area contributed by atoms with Crippen molar-refractivity contribution in [3.8, 4) is 28.4 Å². The number of carbonyl (C=O) groups excluding carboxylic acids is 1. The van der Waals surface area contributed by atoms with Crippen LogP contribution in [0.15, 0.2) is 84.6 Å². The molecule has 6 nitrogen and oxygen atoms in total. The second-order valence-corrected chi connectivity index (χ2v) is 8.36. The van der Waals surface area contributed by atoms with E-state index in [1.165, 1.54) is 6.42 Å². The molecule has 2 heterocycles. The Labute approximate surface area is 200 Å². The maximum absolute atomic E-state index is 13.0. The van der Waals surface area contributed by atoms with Gasteiger partial charge in [-0.1, -0.05) is 42.5 Å². The number of rotatable bonds is 9. The van der Waals surface area contributed by atoms with E-state index in [2.05, 4.69) is 17.0 Å². The fraction of sp³-hybridized carbons (Fsp3) is 0.250. The molecule has 0 atom stereocenters. The third-order valence-electron chi connectivity index (χ3n) is 6.18. The number of benzene rings is 3. The van der Waals surface area contributed by atoms with E-state index in [0.29, 0.717) is 36.2 Å². The van der Waals surface area contributed by atoms with Gasteiger partial charge in [-0.2, -0.15) is 0 Å². The van der Waals surface area contributed by atoms with E-state index in [1.54, 1.807) is 18.1 Å². The lowest BCUT2D eigenvalue weighted by atomic mass is 10.1. The molecule has 1 fully saturated rings. The monoisotopic (exact) mass is 456 g/mol. The first kappa shape index (κ1) is 22.0. The first-order chi connectivity index (χ1) is 16.7. The third-order valence-corrected chi connectivity index (χ3v) is 6.18. The van der Waals surface area contributed by atoms with Gasteiger partial charge >= 0.3 is 0 Å². The molecule has 0 bridgehead atoms. The summed E-state index contributed by atoms with van der Waals surface area (Å²) in [4.78, 5) is 17.0. The second kappa shape index (κ2) is 10.0. The molecule has 6 heteroatoms. The fourth-order valence-electron chi connectivity index (χ4n) is 4.09. The number of amides is 1. The minimum atomic E-state index is -0.180. The van der Waals surface area contributed by atoms with E-state index in [9.17, 15) is 4.79 Å². The van der Waals surface area contributed by atoms with Crippen LogP contribution in [0.2, 0.25) is 0 Å². The largest absolute Gasteiger partial charge is 0.493 e. The maximum Gasteiger partial charge on any atom is 0.294 e. The van der Waals surface area contributed by atoms with Crippen LogP contribution in [0.1, 0.15) is 6.42 Å². The zero-order chi connectivity index (χ0) is 23.3. The molecule has 2 aliphatic rings. The molecular weight excluding hydrogens is 428 g/mol. The Bertz CT molecular complexity index is 1170. The third kappa shape index (κ3) is 4.77. The van der Waals surface area contributed by atoms with E-state index in [4.69, 9.17) is 14.2 Å². The van der Waals surface area contributed by atoms with Gasteiger partial charge in [-0.25, -0.2) is 0 Å². The number of methoxy groups -OCH3 is 1. The quantitative estimate of drug-likeness (QED) is 0.465. The topological polar surface area (TPSA) is 51.2 Å². The maximum atomic E-state index is 13.0. The zero-order valence-corrected chi connectivity index (χ0v) is 19.3. The van der Waals surface area contributed by atoms with Crippen molar-refractivity contribution in [3.05, 3.63) is 84.6 Å². The van der Waals surface area contributed by atoms with E-state index in [-0.39, 0.29) is 5.91 Å². The van der Waals surface area contributed by atoms with Gasteiger partial charge in [0, 0.05) is 24.8 Å². The van der Waals surface area contributed by atoms with Gasteiger partial charge in [0.15, 0.2) is 17.3 Å². The minimum absolute atomic E-state index is 0.180. The molecule has 174 valence electrons. The average molecular weight is 457 g/mol. The van der Waals surface area contributed by atoms with E-state index < -0.39 is 0 Å². The Kier molecular flexibility index (Phi) is 6.49. The van der Waals surface area contributed by atoms with Crippen molar-refractivity contribution in [3.63, 3.8) is 0 Å². The molecule has 0 unspecified atom stereocenters. The van der Waals surface area contributed by atoms with Crippen LogP contribution in [0.25, 0.3) is 11.1 Å². The van der Waals surface area contributed by atoms with Crippen LogP contribution in [0.3, 0.4) is 0 Å². The first-order valence-electron chi connectivity index (χ1n) is 11.6. The minimum Gasteiger partial charge on any atom is -0.493 e. The number of ether oxygens (including phenoxy) is 3. The van der Waals surface area contributed by atoms with Gasteiger partial charge in [0.1, 0.15) is 12.4 Å². The van der Waals surface area contributed by atoms with Crippen LogP contribution < -0.4 is 19.1 Å². The number of hydrogen-bond donors (Lipinski definition) is 0. The molecular formula is C28H28N2O4. The van der Waals surface area contributed by atoms with Gasteiger partial charge in [0.05, 0.1) is 7.11 Å². The molecule has 0 N–H and O–H groups in total. The smallest absolute Gasteiger partial charge is 0.294 e. The van der Waals surface area contributed by atoms with Gasteiger partial charge in [0.2, 0.25) is 0 Å². The number of anilines is 1. The SMILES string of the molecule is COc1cc(N2CC=C(Oc3ccc(-c4ccccc4)cc3)C2=O)ccc1OCCN1CCC1. The number of nitrogens with zero attached hydrogens (tertiary/aromatic N) is 2. The molecule has 0 aromatic heterocycles. The molecule has 3 aromatic carbocycles. The Morgan fingerprint density at radius 1 is 0.882 bits per heavy atom. The van der Waals surface area contributed by atoms with Crippen molar-refractivity contribution in [2.45, 2.75) is 6.42 Å². The lowest BCUT2D eigenvalue weighted by molar-refractivity contribution is -0.116. The molecule has 2 aliphatic heterocycles.